The topological polar surface area (TPSA) is 133 Å². The van der Waals surface area contributed by atoms with Crippen LogP contribution in [0.3, 0.4) is 0 Å². The van der Waals surface area contributed by atoms with Crippen LogP contribution in [0.25, 0.3) is 10.9 Å². The fourth-order valence-corrected chi connectivity index (χ4v) is 8.59. The Morgan fingerprint density at radius 1 is 1.14 bits per heavy atom. The molecule has 2 bridgehead atoms. The number of aliphatic imine (C=N–C) groups is 1. The number of nitrogens with one attached hydrogen (secondary N) is 3. The van der Waals surface area contributed by atoms with Gasteiger partial charge in [-0.25, -0.2) is 0 Å². The SMILES string of the molecule is CN=C(NCCCO)NC1C#CC2CCC=C(Cc3cc4ccccc4[nH]3)C23CCC(C)(O)C2CC(O)C(O)(C1)C2C3. The van der Waals surface area contributed by atoms with Crippen LogP contribution in [-0.2, 0) is 6.42 Å². The maximum atomic E-state index is 12.4. The molecule has 226 valence electrons. The lowest BCUT2D eigenvalue weighted by Gasteiger charge is -2.46. The number of aliphatic hydroxyl groups excluding tert-OH is 2. The van der Waals surface area contributed by atoms with Gasteiger partial charge in [0.05, 0.1) is 23.3 Å². The monoisotopic (exact) mass is 574 g/mol. The van der Waals surface area contributed by atoms with Gasteiger partial charge in [0.2, 0.25) is 0 Å². The van der Waals surface area contributed by atoms with Crippen molar-refractivity contribution in [2.75, 3.05) is 20.2 Å². The minimum absolute atomic E-state index is 0.0742. The van der Waals surface area contributed by atoms with Gasteiger partial charge in [0, 0.05) is 55.6 Å². The number of aliphatic hydroxyl groups is 4. The number of allylic oxidation sites excluding steroid dienone is 2. The van der Waals surface area contributed by atoms with Crippen molar-refractivity contribution in [3.8, 4) is 11.8 Å². The van der Waals surface area contributed by atoms with E-state index < -0.39 is 23.3 Å². The zero-order valence-electron chi connectivity index (χ0n) is 24.9. The van der Waals surface area contributed by atoms with E-state index in [9.17, 15) is 20.4 Å². The molecular weight excluding hydrogens is 528 g/mol. The van der Waals surface area contributed by atoms with Crippen molar-refractivity contribution in [3.05, 3.63) is 47.7 Å². The standard InChI is InChI=1S/C34H46N4O4/c1-32(41)13-14-33-21-28-27(32)19-30(40)34(28,42)20-25(38-31(35-2)36-15-6-16-39)12-11-23(33)8-5-9-24(33)18-26-17-22-7-3-4-10-29(22)37-26/h3-4,7,9-10,17,23,25,27-28,30,37,39-42H,5-6,8,13-16,18-21H2,1-2H3,(H2,35,36,38). The highest BCUT2D eigenvalue weighted by molar-refractivity contribution is 5.81. The highest BCUT2D eigenvalue weighted by Crippen LogP contribution is 2.62. The molecule has 4 aliphatic rings. The number of aromatic nitrogens is 1. The number of guanidine groups is 1. The molecule has 1 spiro atoms. The van der Waals surface area contributed by atoms with Crippen LogP contribution in [0.4, 0.5) is 0 Å². The number of H-pyrrole nitrogens is 1. The zero-order chi connectivity index (χ0) is 29.5. The van der Waals surface area contributed by atoms with Crippen molar-refractivity contribution in [2.24, 2.45) is 28.2 Å². The number of aromatic amines is 1. The Labute approximate surface area is 248 Å². The first-order chi connectivity index (χ1) is 20.2. The van der Waals surface area contributed by atoms with Gasteiger partial charge in [0.1, 0.15) is 0 Å². The molecule has 0 saturated heterocycles. The van der Waals surface area contributed by atoms with Gasteiger partial charge in [0.15, 0.2) is 5.96 Å². The van der Waals surface area contributed by atoms with Crippen LogP contribution in [0.1, 0.15) is 64.0 Å². The van der Waals surface area contributed by atoms with Gasteiger partial charge >= 0.3 is 0 Å². The van der Waals surface area contributed by atoms with Gasteiger partial charge in [-0.1, -0.05) is 41.7 Å². The highest BCUT2D eigenvalue weighted by atomic mass is 16.3. The van der Waals surface area contributed by atoms with Crippen molar-refractivity contribution in [1.82, 2.24) is 15.6 Å². The molecule has 8 atom stereocenters. The Bertz CT molecular complexity index is 1390. The molecule has 42 heavy (non-hydrogen) atoms. The summed E-state index contributed by atoms with van der Waals surface area (Å²) in [4.78, 5) is 7.96. The molecule has 1 aromatic heterocycles. The molecule has 2 saturated carbocycles. The summed E-state index contributed by atoms with van der Waals surface area (Å²) >= 11 is 0. The molecule has 1 heterocycles. The molecule has 1 aromatic carbocycles. The lowest BCUT2D eigenvalue weighted by molar-refractivity contribution is -0.106. The maximum absolute atomic E-state index is 12.4. The van der Waals surface area contributed by atoms with Crippen LogP contribution in [0.2, 0.25) is 0 Å². The lowest BCUT2D eigenvalue weighted by Crippen LogP contribution is -2.53. The van der Waals surface area contributed by atoms with E-state index in [0.29, 0.717) is 38.2 Å². The zero-order valence-corrected chi connectivity index (χ0v) is 24.9. The smallest absolute Gasteiger partial charge is 0.191 e. The third-order valence-electron chi connectivity index (χ3n) is 10.9. The van der Waals surface area contributed by atoms with E-state index in [2.05, 4.69) is 62.8 Å². The van der Waals surface area contributed by atoms with Crippen LogP contribution in [0.5, 0.6) is 0 Å². The van der Waals surface area contributed by atoms with E-state index in [-0.39, 0.29) is 36.2 Å². The molecule has 8 heteroatoms. The molecule has 6 rings (SSSR count). The molecule has 2 fully saturated rings. The van der Waals surface area contributed by atoms with E-state index in [0.717, 1.165) is 36.9 Å². The summed E-state index contributed by atoms with van der Waals surface area (Å²) in [5, 5.41) is 52.8. The van der Waals surface area contributed by atoms with Gasteiger partial charge in [-0.3, -0.25) is 4.99 Å². The third kappa shape index (κ3) is 5.15. The van der Waals surface area contributed by atoms with Gasteiger partial charge in [-0.05, 0) is 81.2 Å². The normalized spacial score (nSPS) is 37.8. The Morgan fingerprint density at radius 2 is 1.98 bits per heavy atom. The van der Waals surface area contributed by atoms with Crippen LogP contribution in [0.15, 0.2) is 47.0 Å². The first-order valence-corrected chi connectivity index (χ1v) is 15.7. The summed E-state index contributed by atoms with van der Waals surface area (Å²) in [6.07, 6.45) is 7.40. The molecule has 4 aliphatic carbocycles. The van der Waals surface area contributed by atoms with Crippen LogP contribution >= 0.6 is 0 Å². The molecule has 2 aromatic rings. The van der Waals surface area contributed by atoms with E-state index >= 15 is 0 Å². The summed E-state index contributed by atoms with van der Waals surface area (Å²) in [5.74, 6) is 7.31. The molecule has 0 aliphatic heterocycles. The highest BCUT2D eigenvalue weighted by Gasteiger charge is 2.63. The van der Waals surface area contributed by atoms with Crippen LogP contribution < -0.4 is 10.6 Å². The molecule has 8 nitrogen and oxygen atoms in total. The largest absolute Gasteiger partial charge is 0.396 e. The minimum atomic E-state index is -1.40. The summed E-state index contributed by atoms with van der Waals surface area (Å²) in [5.41, 5.74) is 0.926. The van der Waals surface area contributed by atoms with Crippen molar-refractivity contribution in [1.29, 1.82) is 0 Å². The number of hydrogen-bond acceptors (Lipinski definition) is 5. The Morgan fingerprint density at radius 3 is 2.76 bits per heavy atom. The quantitative estimate of drug-likeness (QED) is 0.0933. The Kier molecular flexibility index (Phi) is 7.90. The second-order valence-corrected chi connectivity index (χ2v) is 13.4. The minimum Gasteiger partial charge on any atom is -0.396 e. The predicted molar refractivity (Wildman–Crippen MR) is 165 cm³/mol. The number of fused-ring (bicyclic) bond motifs is 1. The number of hydrogen-bond donors (Lipinski definition) is 7. The van der Waals surface area contributed by atoms with Crippen molar-refractivity contribution >= 4 is 16.9 Å². The van der Waals surface area contributed by atoms with Gasteiger partial charge in [-0.2, -0.15) is 0 Å². The third-order valence-corrected chi connectivity index (χ3v) is 10.9. The van der Waals surface area contributed by atoms with E-state index in [1.807, 2.05) is 13.0 Å². The number of benzene rings is 1. The number of nitrogens with zero attached hydrogens (tertiary/aromatic N) is 1. The average Bonchev–Trinajstić information content (AvgIpc) is 3.46. The Balaban J connectivity index is 1.41. The van der Waals surface area contributed by atoms with Gasteiger partial charge in [0.25, 0.3) is 0 Å². The first-order valence-electron chi connectivity index (χ1n) is 15.7. The van der Waals surface area contributed by atoms with E-state index in [1.54, 1.807) is 7.05 Å². The summed E-state index contributed by atoms with van der Waals surface area (Å²) in [6.45, 7) is 2.55. The fourth-order valence-electron chi connectivity index (χ4n) is 8.59. The van der Waals surface area contributed by atoms with Crippen molar-refractivity contribution in [2.45, 2.75) is 88.1 Å². The summed E-state index contributed by atoms with van der Waals surface area (Å²) < 4.78 is 0. The van der Waals surface area contributed by atoms with Crippen LogP contribution in [0, 0.1) is 35.0 Å². The van der Waals surface area contributed by atoms with Crippen molar-refractivity contribution < 1.29 is 20.4 Å². The van der Waals surface area contributed by atoms with Crippen molar-refractivity contribution in [3.63, 3.8) is 0 Å². The van der Waals surface area contributed by atoms with Crippen LogP contribution in [-0.4, -0.2) is 74.9 Å². The Hall–Kier alpha value is -2.83. The average molecular weight is 575 g/mol. The molecule has 8 unspecified atom stereocenters. The molecule has 7 N–H and O–H groups in total. The first kappa shape index (κ1) is 29.3. The second-order valence-electron chi connectivity index (χ2n) is 13.4. The fraction of sp³-hybridized carbons (Fsp3) is 0.618. The predicted octanol–water partition coefficient (Wildman–Crippen LogP) is 3.02. The van der Waals surface area contributed by atoms with E-state index in [1.165, 1.54) is 11.0 Å². The molecule has 0 amide bonds. The molecule has 0 radical (unpaired) electrons. The van der Waals surface area contributed by atoms with Gasteiger partial charge in [-0.15, -0.1) is 0 Å². The molecular formula is C34H46N4O4. The second kappa shape index (κ2) is 11.3. The summed E-state index contributed by atoms with van der Waals surface area (Å²) in [7, 11) is 1.69. The number of rotatable bonds is 6. The number of para-hydroxylation sites is 1. The lowest BCUT2D eigenvalue weighted by atomic mass is 9.58. The maximum Gasteiger partial charge on any atom is 0.191 e. The van der Waals surface area contributed by atoms with E-state index in [4.69, 9.17) is 0 Å². The van der Waals surface area contributed by atoms with Gasteiger partial charge < -0.3 is 36.0 Å². The summed E-state index contributed by atoms with van der Waals surface area (Å²) in [6, 6.07) is 10.1.